The molecule has 4 aliphatic rings. The fourth-order valence-corrected chi connectivity index (χ4v) is 5.51. The fourth-order valence-electron chi connectivity index (χ4n) is 5.51. The lowest BCUT2D eigenvalue weighted by atomic mass is 9.44. The second kappa shape index (κ2) is 6.15. The van der Waals surface area contributed by atoms with Crippen LogP contribution >= 0.6 is 0 Å². The summed E-state index contributed by atoms with van der Waals surface area (Å²) in [6.45, 7) is 2.57. The zero-order chi connectivity index (χ0) is 21.4. The predicted molar refractivity (Wildman–Crippen MR) is 114 cm³/mol. The Morgan fingerprint density at radius 1 is 1.13 bits per heavy atom. The first-order valence-corrected chi connectivity index (χ1v) is 10.5. The lowest BCUT2D eigenvalue weighted by Crippen LogP contribution is -2.75. The fraction of sp³-hybridized carbons (Fsp3) is 0.409. The highest BCUT2D eigenvalue weighted by Gasteiger charge is 2.69. The second-order valence-electron chi connectivity index (χ2n) is 9.03. The van der Waals surface area contributed by atoms with Crippen LogP contribution in [0.2, 0.25) is 0 Å². The molecule has 1 aliphatic heterocycles. The number of fused-ring (bicyclic) bond motifs is 1. The minimum Gasteiger partial charge on any atom is -0.373 e. The Bertz CT molecular complexity index is 1180. The molecule has 2 bridgehead atoms. The maximum atomic E-state index is 14.5. The number of aryl methyl sites for hydroxylation is 1. The lowest BCUT2D eigenvalue weighted by Gasteiger charge is -2.70. The molecule has 0 spiro atoms. The second-order valence-corrected chi connectivity index (χ2v) is 9.03. The average molecular weight is 423 g/mol. The van der Waals surface area contributed by atoms with Gasteiger partial charge in [-0.25, -0.2) is 13.8 Å². The number of anilines is 4. The molecular weight excluding hydrogens is 400 g/mol. The lowest BCUT2D eigenvalue weighted by molar-refractivity contribution is -0.100. The molecule has 7 rings (SSSR count). The van der Waals surface area contributed by atoms with Gasteiger partial charge in [-0.15, -0.1) is 0 Å². The maximum Gasteiger partial charge on any atom is 0.227 e. The summed E-state index contributed by atoms with van der Waals surface area (Å²) < 4.78 is 30.1. The smallest absolute Gasteiger partial charge is 0.227 e. The first-order valence-electron chi connectivity index (χ1n) is 10.5. The molecule has 2 N–H and O–H groups in total. The van der Waals surface area contributed by atoms with Crippen LogP contribution in [0.1, 0.15) is 30.5 Å². The first kappa shape index (κ1) is 18.5. The number of aromatic nitrogens is 4. The molecule has 0 radical (unpaired) electrons. The number of rotatable bonds is 5. The van der Waals surface area contributed by atoms with Crippen LogP contribution in [0.4, 0.5) is 32.1 Å². The van der Waals surface area contributed by atoms with Crippen molar-refractivity contribution in [1.82, 2.24) is 19.5 Å². The zero-order valence-electron chi connectivity index (χ0n) is 17.4. The first-order chi connectivity index (χ1) is 14.9. The molecular formula is C22H23F2N7. The highest BCUT2D eigenvalue weighted by molar-refractivity contribution is 5.73. The van der Waals surface area contributed by atoms with Crippen molar-refractivity contribution in [2.24, 2.45) is 0 Å². The van der Waals surface area contributed by atoms with E-state index < -0.39 is 11.6 Å². The summed E-state index contributed by atoms with van der Waals surface area (Å²) in [6.07, 6.45) is 7.71. The summed E-state index contributed by atoms with van der Waals surface area (Å²) in [6, 6.07) is 3.65. The summed E-state index contributed by atoms with van der Waals surface area (Å²) in [7, 11) is 1.82. The molecule has 0 saturated heterocycles. The SMILES string of the molecule is CNc1nc(NC23CC(n4cnc(C)c4)(C2)C3)nc2c1CCN2c1ccc(F)cc1F. The van der Waals surface area contributed by atoms with Gasteiger partial charge in [0.25, 0.3) is 0 Å². The van der Waals surface area contributed by atoms with Gasteiger partial charge in [0.2, 0.25) is 5.95 Å². The van der Waals surface area contributed by atoms with Crippen molar-refractivity contribution in [2.75, 3.05) is 29.1 Å². The van der Waals surface area contributed by atoms with E-state index in [-0.39, 0.29) is 11.1 Å². The number of halogens is 2. The van der Waals surface area contributed by atoms with Crippen LogP contribution in [0.3, 0.4) is 0 Å². The summed E-state index contributed by atoms with van der Waals surface area (Å²) in [5.41, 5.74) is 2.44. The van der Waals surface area contributed by atoms with Crippen LogP contribution < -0.4 is 15.5 Å². The van der Waals surface area contributed by atoms with E-state index in [0.29, 0.717) is 30.4 Å². The van der Waals surface area contributed by atoms with Gasteiger partial charge >= 0.3 is 0 Å². The minimum atomic E-state index is -0.594. The highest BCUT2D eigenvalue weighted by Crippen LogP contribution is 2.66. The van der Waals surface area contributed by atoms with E-state index in [1.807, 2.05) is 20.3 Å². The van der Waals surface area contributed by atoms with Gasteiger partial charge in [-0.1, -0.05) is 0 Å². The predicted octanol–water partition coefficient (Wildman–Crippen LogP) is 3.74. The third kappa shape index (κ3) is 2.65. The van der Waals surface area contributed by atoms with Crippen LogP contribution in [-0.4, -0.2) is 38.7 Å². The molecule has 3 saturated carbocycles. The van der Waals surface area contributed by atoms with Crippen LogP contribution in [0.25, 0.3) is 0 Å². The van der Waals surface area contributed by atoms with Gasteiger partial charge in [-0.3, -0.25) is 0 Å². The van der Waals surface area contributed by atoms with Gasteiger partial charge < -0.3 is 20.1 Å². The van der Waals surface area contributed by atoms with E-state index in [0.717, 1.165) is 42.4 Å². The highest BCUT2D eigenvalue weighted by atomic mass is 19.1. The number of hydrogen-bond donors (Lipinski definition) is 2. The molecule has 0 atom stereocenters. The Labute approximate surface area is 178 Å². The van der Waals surface area contributed by atoms with Crippen molar-refractivity contribution < 1.29 is 8.78 Å². The van der Waals surface area contributed by atoms with Crippen molar-refractivity contribution >= 4 is 23.3 Å². The van der Waals surface area contributed by atoms with Gasteiger partial charge in [0.15, 0.2) is 0 Å². The molecule has 3 fully saturated rings. The number of imidazole rings is 1. The Balaban J connectivity index is 1.28. The molecule has 2 aromatic heterocycles. The van der Waals surface area contributed by atoms with Crippen molar-refractivity contribution in [3.05, 3.63) is 53.6 Å². The molecule has 3 aromatic rings. The van der Waals surface area contributed by atoms with Gasteiger partial charge in [-0.05, 0) is 44.7 Å². The minimum absolute atomic E-state index is 0.0119. The number of benzene rings is 1. The standard InChI is InChI=1S/C22H23F2N7/c1-13-8-30(12-26-13)22-9-21(10-22,11-22)29-20-27-18(25-2)15-5-6-31(19(15)28-20)17-4-3-14(23)7-16(17)24/h3-4,7-8,12H,5-6,9-11H2,1-2H3,(H2,25,27,28,29). The van der Waals surface area contributed by atoms with Gasteiger partial charge in [0, 0.05) is 37.0 Å². The van der Waals surface area contributed by atoms with Crippen molar-refractivity contribution in [3.8, 4) is 0 Å². The topological polar surface area (TPSA) is 70.9 Å². The molecule has 0 amide bonds. The largest absolute Gasteiger partial charge is 0.373 e. The Morgan fingerprint density at radius 3 is 2.61 bits per heavy atom. The Hall–Kier alpha value is -3.23. The molecule has 1 aromatic carbocycles. The van der Waals surface area contributed by atoms with E-state index >= 15 is 0 Å². The normalized spacial score (nSPS) is 25.6. The number of hydrogen-bond acceptors (Lipinski definition) is 6. The Kier molecular flexibility index (Phi) is 3.68. The van der Waals surface area contributed by atoms with Crippen LogP contribution in [0, 0.1) is 18.6 Å². The van der Waals surface area contributed by atoms with Crippen LogP contribution in [0.5, 0.6) is 0 Å². The maximum absolute atomic E-state index is 14.5. The van der Waals surface area contributed by atoms with E-state index in [1.54, 1.807) is 4.90 Å². The van der Waals surface area contributed by atoms with Crippen LogP contribution in [0.15, 0.2) is 30.7 Å². The van der Waals surface area contributed by atoms with E-state index in [9.17, 15) is 8.78 Å². The molecule has 0 unspecified atom stereocenters. The van der Waals surface area contributed by atoms with Gasteiger partial charge in [-0.2, -0.15) is 9.97 Å². The molecule has 3 aliphatic carbocycles. The summed E-state index contributed by atoms with van der Waals surface area (Å²) in [5.74, 6) is 0.756. The van der Waals surface area contributed by atoms with Crippen molar-refractivity contribution in [3.63, 3.8) is 0 Å². The van der Waals surface area contributed by atoms with E-state index in [4.69, 9.17) is 4.98 Å². The van der Waals surface area contributed by atoms with Crippen molar-refractivity contribution in [2.45, 2.75) is 43.7 Å². The third-order valence-electron chi connectivity index (χ3n) is 6.90. The third-order valence-corrected chi connectivity index (χ3v) is 6.90. The van der Waals surface area contributed by atoms with E-state index in [1.165, 1.54) is 12.1 Å². The number of nitrogens with one attached hydrogen (secondary N) is 2. The monoisotopic (exact) mass is 423 g/mol. The quantitative estimate of drug-likeness (QED) is 0.652. The molecule has 3 heterocycles. The summed E-state index contributed by atoms with van der Waals surface area (Å²) in [4.78, 5) is 15.6. The summed E-state index contributed by atoms with van der Waals surface area (Å²) in [5, 5.41) is 6.70. The van der Waals surface area contributed by atoms with Gasteiger partial charge in [0.1, 0.15) is 23.3 Å². The molecule has 7 nitrogen and oxygen atoms in total. The molecule has 9 heteroatoms. The Morgan fingerprint density at radius 2 is 1.94 bits per heavy atom. The zero-order valence-corrected chi connectivity index (χ0v) is 17.4. The van der Waals surface area contributed by atoms with E-state index in [2.05, 4.69) is 31.4 Å². The molecule has 160 valence electrons. The van der Waals surface area contributed by atoms with Crippen LogP contribution in [-0.2, 0) is 12.0 Å². The molecule has 31 heavy (non-hydrogen) atoms. The number of nitrogens with zero attached hydrogens (tertiary/aromatic N) is 5. The average Bonchev–Trinajstić information content (AvgIpc) is 3.29. The van der Waals surface area contributed by atoms with Gasteiger partial charge in [0.05, 0.1) is 23.2 Å². The van der Waals surface area contributed by atoms with Crippen molar-refractivity contribution in [1.29, 1.82) is 0 Å². The summed E-state index contributed by atoms with van der Waals surface area (Å²) >= 11 is 0.